The average Bonchev–Trinajstić information content (AvgIpc) is 2.46. The molecule has 0 aliphatic carbocycles. The lowest BCUT2D eigenvalue weighted by Gasteiger charge is -2.12. The highest BCUT2D eigenvalue weighted by Crippen LogP contribution is 2.23. The average molecular weight is 279 g/mol. The SMILES string of the molecule is CC(=C(C#N)C#N)c1cc2ccc(N(C)C)cc2oc1=O. The summed E-state index contributed by atoms with van der Waals surface area (Å²) in [6.07, 6.45) is 0. The molecule has 0 fully saturated rings. The predicted octanol–water partition coefficient (Wildman–Crippen LogP) is 2.68. The van der Waals surface area contributed by atoms with E-state index >= 15 is 0 Å². The largest absolute Gasteiger partial charge is 0.422 e. The highest BCUT2D eigenvalue weighted by atomic mass is 16.4. The van der Waals surface area contributed by atoms with Crippen molar-refractivity contribution in [1.29, 1.82) is 10.5 Å². The van der Waals surface area contributed by atoms with Crippen LogP contribution in [0.3, 0.4) is 0 Å². The molecule has 0 aliphatic heterocycles. The summed E-state index contributed by atoms with van der Waals surface area (Å²) in [6.45, 7) is 1.56. The molecule has 0 unspecified atom stereocenters. The van der Waals surface area contributed by atoms with Gasteiger partial charge >= 0.3 is 5.63 Å². The van der Waals surface area contributed by atoms with Gasteiger partial charge in [0.2, 0.25) is 0 Å². The van der Waals surface area contributed by atoms with Gasteiger partial charge in [-0.3, -0.25) is 0 Å². The Labute approximate surface area is 121 Å². The number of anilines is 1. The Hall–Kier alpha value is -3.05. The van der Waals surface area contributed by atoms with Gasteiger partial charge in [-0.2, -0.15) is 10.5 Å². The van der Waals surface area contributed by atoms with E-state index in [1.807, 2.05) is 31.1 Å². The summed E-state index contributed by atoms with van der Waals surface area (Å²) in [5.41, 5.74) is 1.30. The fraction of sp³-hybridized carbons (Fsp3) is 0.188. The zero-order chi connectivity index (χ0) is 15.6. The first kappa shape index (κ1) is 14.4. The Morgan fingerprint density at radius 3 is 2.43 bits per heavy atom. The molecular weight excluding hydrogens is 266 g/mol. The summed E-state index contributed by atoms with van der Waals surface area (Å²) in [5.74, 6) is 0. The first-order valence-electron chi connectivity index (χ1n) is 6.24. The molecule has 0 aliphatic rings. The quantitative estimate of drug-likeness (QED) is 0.623. The van der Waals surface area contributed by atoms with E-state index in [1.54, 1.807) is 31.2 Å². The number of fused-ring (bicyclic) bond motifs is 1. The van der Waals surface area contributed by atoms with Crippen LogP contribution in [0.25, 0.3) is 16.5 Å². The summed E-state index contributed by atoms with van der Waals surface area (Å²) in [5, 5.41) is 18.5. The van der Waals surface area contributed by atoms with Gasteiger partial charge in [0, 0.05) is 31.2 Å². The highest BCUT2D eigenvalue weighted by Gasteiger charge is 2.12. The molecule has 5 heteroatoms. The minimum absolute atomic E-state index is 0.0911. The maximum atomic E-state index is 12.1. The molecule has 5 nitrogen and oxygen atoms in total. The molecule has 1 heterocycles. The summed E-state index contributed by atoms with van der Waals surface area (Å²) in [4.78, 5) is 14.0. The molecule has 0 spiro atoms. The smallest absolute Gasteiger partial charge is 0.343 e. The molecule has 0 saturated carbocycles. The normalized spacial score (nSPS) is 9.76. The summed E-state index contributed by atoms with van der Waals surface area (Å²) in [7, 11) is 3.79. The zero-order valence-electron chi connectivity index (χ0n) is 12.0. The molecule has 0 radical (unpaired) electrons. The molecule has 104 valence electrons. The minimum Gasteiger partial charge on any atom is -0.422 e. The lowest BCUT2D eigenvalue weighted by molar-refractivity contribution is 0.558. The third kappa shape index (κ3) is 2.63. The Bertz CT molecular complexity index is 861. The van der Waals surface area contributed by atoms with Gasteiger partial charge in [-0.15, -0.1) is 0 Å². The number of nitriles is 2. The summed E-state index contributed by atoms with van der Waals surface area (Å²) >= 11 is 0. The van der Waals surface area contributed by atoms with Crippen molar-refractivity contribution < 1.29 is 4.42 Å². The maximum absolute atomic E-state index is 12.1. The van der Waals surface area contributed by atoms with E-state index in [4.69, 9.17) is 14.9 Å². The van der Waals surface area contributed by atoms with Crippen molar-refractivity contribution in [3.63, 3.8) is 0 Å². The second-order valence-corrected chi connectivity index (χ2v) is 4.79. The monoisotopic (exact) mass is 279 g/mol. The van der Waals surface area contributed by atoms with Gasteiger partial charge in [-0.05, 0) is 30.7 Å². The van der Waals surface area contributed by atoms with Crippen molar-refractivity contribution >= 4 is 22.2 Å². The van der Waals surface area contributed by atoms with E-state index < -0.39 is 5.63 Å². The molecule has 0 saturated heterocycles. The van der Waals surface area contributed by atoms with Gasteiger partial charge in [-0.1, -0.05) is 0 Å². The van der Waals surface area contributed by atoms with Gasteiger partial charge in [-0.25, -0.2) is 4.79 Å². The van der Waals surface area contributed by atoms with E-state index in [1.165, 1.54) is 0 Å². The minimum atomic E-state index is -0.557. The molecule has 21 heavy (non-hydrogen) atoms. The van der Waals surface area contributed by atoms with Crippen molar-refractivity contribution in [2.45, 2.75) is 6.92 Å². The van der Waals surface area contributed by atoms with Crippen molar-refractivity contribution in [1.82, 2.24) is 0 Å². The molecular formula is C16H13N3O2. The number of hydrogen-bond donors (Lipinski definition) is 0. The first-order valence-corrected chi connectivity index (χ1v) is 6.24. The fourth-order valence-corrected chi connectivity index (χ4v) is 1.97. The fourth-order valence-electron chi connectivity index (χ4n) is 1.97. The Morgan fingerprint density at radius 2 is 1.86 bits per heavy atom. The second-order valence-electron chi connectivity index (χ2n) is 4.79. The first-order chi connectivity index (χ1) is 9.97. The second kappa shape index (κ2) is 5.52. The van der Waals surface area contributed by atoms with E-state index in [9.17, 15) is 4.79 Å². The Balaban J connectivity index is 2.71. The van der Waals surface area contributed by atoms with E-state index in [-0.39, 0.29) is 11.1 Å². The van der Waals surface area contributed by atoms with Crippen LogP contribution in [0, 0.1) is 22.7 Å². The third-order valence-corrected chi connectivity index (χ3v) is 3.24. The van der Waals surface area contributed by atoms with Crippen LogP contribution in [-0.4, -0.2) is 14.1 Å². The predicted molar refractivity (Wildman–Crippen MR) is 80.6 cm³/mol. The molecule has 2 aromatic rings. The van der Waals surface area contributed by atoms with Gasteiger partial charge in [0.1, 0.15) is 23.3 Å². The van der Waals surface area contributed by atoms with Gasteiger partial charge in [0.25, 0.3) is 0 Å². The van der Waals surface area contributed by atoms with Crippen LogP contribution in [-0.2, 0) is 0 Å². The number of rotatable bonds is 2. The number of nitrogens with zero attached hydrogens (tertiary/aromatic N) is 3. The van der Waals surface area contributed by atoms with Crippen LogP contribution in [0.5, 0.6) is 0 Å². The molecule has 1 aromatic carbocycles. The lowest BCUT2D eigenvalue weighted by Crippen LogP contribution is -2.09. The Morgan fingerprint density at radius 1 is 1.19 bits per heavy atom. The van der Waals surface area contributed by atoms with Crippen LogP contribution in [0.1, 0.15) is 12.5 Å². The van der Waals surface area contributed by atoms with E-state index in [0.29, 0.717) is 11.2 Å². The van der Waals surface area contributed by atoms with E-state index in [0.717, 1.165) is 11.1 Å². The third-order valence-electron chi connectivity index (χ3n) is 3.24. The van der Waals surface area contributed by atoms with Crippen LogP contribution in [0.4, 0.5) is 5.69 Å². The number of allylic oxidation sites excluding steroid dienone is 2. The van der Waals surface area contributed by atoms with Crippen LogP contribution in [0.2, 0.25) is 0 Å². The standard InChI is InChI=1S/C16H13N3O2/c1-10(12(8-17)9-18)14-6-11-4-5-13(19(2)3)7-15(11)21-16(14)20/h4-7H,1-3H3. The summed E-state index contributed by atoms with van der Waals surface area (Å²) < 4.78 is 5.31. The lowest BCUT2D eigenvalue weighted by atomic mass is 10.0. The molecule has 2 rings (SSSR count). The molecule has 0 bridgehead atoms. The molecule has 1 aromatic heterocycles. The topological polar surface area (TPSA) is 81.0 Å². The van der Waals surface area contributed by atoms with Crippen molar-refractivity contribution in [3.05, 3.63) is 45.8 Å². The number of hydrogen-bond acceptors (Lipinski definition) is 5. The molecule has 0 amide bonds. The van der Waals surface area contributed by atoms with Crippen LogP contribution >= 0.6 is 0 Å². The van der Waals surface area contributed by atoms with Crippen molar-refractivity contribution in [3.8, 4) is 12.1 Å². The summed E-state index contributed by atoms with van der Waals surface area (Å²) in [6, 6.07) is 10.7. The Kier molecular flexibility index (Phi) is 3.77. The van der Waals surface area contributed by atoms with Gasteiger partial charge in [0.15, 0.2) is 0 Å². The zero-order valence-corrected chi connectivity index (χ0v) is 12.0. The highest BCUT2D eigenvalue weighted by molar-refractivity contribution is 5.84. The maximum Gasteiger partial charge on any atom is 0.343 e. The van der Waals surface area contributed by atoms with Crippen molar-refractivity contribution in [2.75, 3.05) is 19.0 Å². The van der Waals surface area contributed by atoms with Crippen molar-refractivity contribution in [2.24, 2.45) is 0 Å². The van der Waals surface area contributed by atoms with Crippen LogP contribution in [0.15, 0.2) is 39.1 Å². The van der Waals surface area contributed by atoms with Gasteiger partial charge < -0.3 is 9.32 Å². The number of benzene rings is 1. The molecule has 0 atom stereocenters. The van der Waals surface area contributed by atoms with Gasteiger partial charge in [0.05, 0.1) is 5.56 Å². The van der Waals surface area contributed by atoms with Crippen LogP contribution < -0.4 is 10.5 Å². The van der Waals surface area contributed by atoms with E-state index in [2.05, 4.69) is 0 Å². The molecule has 0 N–H and O–H groups in total.